The number of hydrogen-bond acceptors (Lipinski definition) is 4. The summed E-state index contributed by atoms with van der Waals surface area (Å²) in [4.78, 5) is 6.48. The van der Waals surface area contributed by atoms with Gasteiger partial charge in [0, 0.05) is 26.2 Å². The highest BCUT2D eigenvalue weighted by molar-refractivity contribution is 5.95. The second-order valence-electron chi connectivity index (χ2n) is 10.4. The zero-order chi connectivity index (χ0) is 25.0. The number of unbranched alkanes of at least 4 members (excludes halogenated alkanes) is 1. The first kappa shape index (κ1) is 32.2. The van der Waals surface area contributed by atoms with Gasteiger partial charge in [-0.2, -0.15) is 0 Å². The molecular formula is C26H49ClN6O. The Labute approximate surface area is 214 Å². The third kappa shape index (κ3) is 13.8. The van der Waals surface area contributed by atoms with Gasteiger partial charge >= 0.3 is 0 Å². The molecule has 0 saturated carbocycles. The number of morpholine rings is 1. The summed E-state index contributed by atoms with van der Waals surface area (Å²) >= 11 is 0. The fourth-order valence-corrected chi connectivity index (χ4v) is 4.02. The summed E-state index contributed by atoms with van der Waals surface area (Å²) in [5.74, 6) is 0.715. The van der Waals surface area contributed by atoms with Crippen LogP contribution < -0.4 is 16.8 Å². The van der Waals surface area contributed by atoms with Gasteiger partial charge in [-0.15, -0.1) is 12.4 Å². The van der Waals surface area contributed by atoms with E-state index in [2.05, 4.69) is 87.9 Å². The second kappa shape index (κ2) is 16.0. The summed E-state index contributed by atoms with van der Waals surface area (Å²) in [7, 11) is 0. The first-order chi connectivity index (χ1) is 15.4. The molecule has 1 aromatic rings. The summed E-state index contributed by atoms with van der Waals surface area (Å²) < 4.78 is 5.82. The lowest BCUT2D eigenvalue weighted by Gasteiger charge is -2.36. The lowest BCUT2D eigenvalue weighted by Crippen LogP contribution is -2.47. The van der Waals surface area contributed by atoms with Crippen LogP contribution in [0.1, 0.15) is 72.4 Å². The normalized spacial score (nSPS) is 19.9. The van der Waals surface area contributed by atoms with E-state index in [1.807, 2.05) is 0 Å². The molecule has 1 fully saturated rings. The number of aliphatic imine (C=N–C) groups is 1. The number of halogens is 1. The molecule has 1 aliphatic rings. The predicted molar refractivity (Wildman–Crippen MR) is 148 cm³/mol. The van der Waals surface area contributed by atoms with Crippen LogP contribution in [0.4, 0.5) is 0 Å². The molecule has 0 amide bonds. The first-order valence-corrected chi connectivity index (χ1v) is 12.3. The van der Waals surface area contributed by atoms with Gasteiger partial charge in [0.25, 0.3) is 0 Å². The van der Waals surface area contributed by atoms with Gasteiger partial charge in [0.1, 0.15) is 0 Å². The lowest BCUT2D eigenvalue weighted by atomic mass is 9.86. The van der Waals surface area contributed by atoms with E-state index in [4.69, 9.17) is 21.6 Å². The van der Waals surface area contributed by atoms with Gasteiger partial charge in [0.2, 0.25) is 0 Å². The van der Waals surface area contributed by atoms with E-state index in [1.54, 1.807) is 0 Å². The van der Waals surface area contributed by atoms with Crippen molar-refractivity contribution in [3.05, 3.63) is 35.4 Å². The van der Waals surface area contributed by atoms with E-state index >= 15 is 0 Å². The molecule has 1 saturated heterocycles. The third-order valence-corrected chi connectivity index (χ3v) is 5.53. The van der Waals surface area contributed by atoms with Crippen molar-refractivity contribution in [2.45, 2.75) is 85.4 Å². The monoisotopic (exact) mass is 496 g/mol. The fraction of sp³-hybridized carbons (Fsp3) is 0.692. The fourth-order valence-electron chi connectivity index (χ4n) is 4.02. The molecule has 0 spiro atoms. The molecule has 1 aromatic carbocycles. The molecule has 1 unspecified atom stereocenters. The van der Waals surface area contributed by atoms with Gasteiger partial charge in [-0.3, -0.25) is 20.6 Å². The Kier molecular flexibility index (Phi) is 15.1. The zero-order valence-electron chi connectivity index (χ0n) is 22.4. The van der Waals surface area contributed by atoms with Crippen LogP contribution in [0.25, 0.3) is 0 Å². The molecule has 0 aromatic heterocycles. The second-order valence-corrected chi connectivity index (χ2v) is 10.4. The molecule has 3 atom stereocenters. The highest BCUT2D eigenvalue weighted by Crippen LogP contribution is 2.23. The van der Waals surface area contributed by atoms with E-state index in [0.29, 0.717) is 24.7 Å². The van der Waals surface area contributed by atoms with Crippen molar-refractivity contribution in [1.29, 1.82) is 5.41 Å². The third-order valence-electron chi connectivity index (χ3n) is 5.53. The summed E-state index contributed by atoms with van der Waals surface area (Å²) in [6, 6.07) is 9.20. The number of ether oxygens (including phenoxy) is 1. The number of rotatable bonds is 7. The molecule has 0 aliphatic carbocycles. The van der Waals surface area contributed by atoms with Gasteiger partial charge < -0.3 is 16.2 Å². The van der Waals surface area contributed by atoms with Gasteiger partial charge in [0.05, 0.1) is 12.2 Å². The largest absolute Gasteiger partial charge is 0.373 e. The molecule has 196 valence electrons. The molecule has 34 heavy (non-hydrogen) atoms. The number of nitrogens with one attached hydrogen (secondary N) is 2. The van der Waals surface area contributed by atoms with E-state index in [9.17, 15) is 0 Å². The molecule has 7 nitrogen and oxygen atoms in total. The van der Waals surface area contributed by atoms with Crippen LogP contribution in [0, 0.1) is 11.3 Å². The van der Waals surface area contributed by atoms with Crippen molar-refractivity contribution in [2.24, 2.45) is 22.4 Å². The molecular weight excluding hydrogens is 448 g/mol. The lowest BCUT2D eigenvalue weighted by molar-refractivity contribution is -0.0708. The summed E-state index contributed by atoms with van der Waals surface area (Å²) in [6.07, 6.45) is 3.96. The van der Waals surface area contributed by atoms with Crippen molar-refractivity contribution in [3.63, 3.8) is 0 Å². The number of guanidine groups is 2. The van der Waals surface area contributed by atoms with E-state index in [-0.39, 0.29) is 29.7 Å². The molecule has 1 aliphatic heterocycles. The number of nitrogens with zero attached hydrogens (tertiary/aromatic N) is 2. The maximum atomic E-state index is 6.81. The summed E-state index contributed by atoms with van der Waals surface area (Å²) in [5, 5.41) is 9.20. The Morgan fingerprint density at radius 1 is 1.18 bits per heavy atom. The minimum absolute atomic E-state index is 0. The van der Waals surface area contributed by atoms with Gasteiger partial charge in [-0.1, -0.05) is 65.3 Å². The van der Waals surface area contributed by atoms with Crippen molar-refractivity contribution in [3.8, 4) is 0 Å². The first-order valence-electron chi connectivity index (χ1n) is 12.3. The Hall–Kier alpha value is -1.83. The van der Waals surface area contributed by atoms with Crippen molar-refractivity contribution >= 4 is 24.3 Å². The van der Waals surface area contributed by atoms with E-state index in [0.717, 1.165) is 32.4 Å². The van der Waals surface area contributed by atoms with Crippen LogP contribution in [-0.2, 0) is 16.6 Å². The van der Waals surface area contributed by atoms with Crippen LogP contribution in [-0.4, -0.2) is 55.2 Å². The van der Waals surface area contributed by atoms with Crippen LogP contribution in [0.15, 0.2) is 29.3 Å². The molecule has 1 heterocycles. The predicted octanol–water partition coefficient (Wildman–Crippen LogP) is 4.28. The van der Waals surface area contributed by atoms with Crippen molar-refractivity contribution < 1.29 is 4.74 Å². The zero-order valence-corrected chi connectivity index (χ0v) is 23.2. The molecule has 2 rings (SSSR count). The van der Waals surface area contributed by atoms with E-state index < -0.39 is 0 Å². The Balaban J connectivity index is 0.000000776. The quantitative estimate of drug-likeness (QED) is 0.255. The van der Waals surface area contributed by atoms with Crippen molar-refractivity contribution in [2.75, 3.05) is 26.2 Å². The summed E-state index contributed by atoms with van der Waals surface area (Å²) in [6.45, 7) is 19.6. The Bertz CT molecular complexity index is 722. The maximum absolute atomic E-state index is 6.81. The molecule has 0 bridgehead atoms. The topological polar surface area (TPSA) is 113 Å². The standard InChI is InChI=1S/C20H33NO.C6H15N5.ClH/c1-15(12-21-13-16(2)22-17(3)14-21)11-18-7-9-19(10-8-18)20(4,5)6;1-2-3-4-10-6(9)11-5(7)8;/h7-10,15-17H,11-14H2,1-6H3;2-4H2,1H3,(H6,7,8,9,10,11);1H/t15?,16-,17+;;. The number of nitrogens with two attached hydrogens (primary N) is 2. The average molecular weight is 497 g/mol. The number of benzene rings is 1. The SMILES string of the molecule is CC(Cc1ccc(C(C)(C)C)cc1)CN1C[C@@H](C)O[C@@H](C)C1.CCCCN=C(N)NC(=N)N.Cl. The molecule has 8 heteroatoms. The minimum Gasteiger partial charge on any atom is -0.373 e. The van der Waals surface area contributed by atoms with Gasteiger partial charge in [-0.05, 0) is 49.1 Å². The van der Waals surface area contributed by atoms with Crippen LogP contribution >= 0.6 is 12.4 Å². The molecule has 6 N–H and O–H groups in total. The highest BCUT2D eigenvalue weighted by Gasteiger charge is 2.23. The van der Waals surface area contributed by atoms with Crippen LogP contribution in [0.2, 0.25) is 0 Å². The average Bonchev–Trinajstić information content (AvgIpc) is 2.67. The maximum Gasteiger partial charge on any atom is 0.195 e. The van der Waals surface area contributed by atoms with Gasteiger partial charge in [0.15, 0.2) is 11.9 Å². The molecule has 0 radical (unpaired) electrons. The minimum atomic E-state index is -0.178. The smallest absolute Gasteiger partial charge is 0.195 e. The van der Waals surface area contributed by atoms with Crippen LogP contribution in [0.5, 0.6) is 0 Å². The van der Waals surface area contributed by atoms with Gasteiger partial charge in [-0.25, -0.2) is 0 Å². The Morgan fingerprint density at radius 2 is 1.74 bits per heavy atom. The highest BCUT2D eigenvalue weighted by atomic mass is 35.5. The van der Waals surface area contributed by atoms with Crippen LogP contribution in [0.3, 0.4) is 0 Å². The van der Waals surface area contributed by atoms with Crippen molar-refractivity contribution in [1.82, 2.24) is 10.2 Å². The summed E-state index contributed by atoms with van der Waals surface area (Å²) in [5.41, 5.74) is 13.5. The van der Waals surface area contributed by atoms with E-state index in [1.165, 1.54) is 17.7 Å². The number of hydrogen-bond donors (Lipinski definition) is 4. The Morgan fingerprint density at radius 3 is 2.21 bits per heavy atom.